The highest BCUT2D eigenvalue weighted by Gasteiger charge is 2.28. The SMILES string of the molecule is Cl.Cl.NC(CNC(=O)c1ncccc1OCC(F)F)C1CC1. The van der Waals surface area contributed by atoms with Crippen LogP contribution in [0, 0.1) is 5.92 Å². The summed E-state index contributed by atoms with van der Waals surface area (Å²) >= 11 is 0. The van der Waals surface area contributed by atoms with Crippen molar-refractivity contribution in [3.8, 4) is 5.75 Å². The standard InChI is InChI=1S/C13H17F2N3O2.2ClH/c14-11(15)7-20-10-2-1-5-17-12(10)13(19)18-6-9(16)8-3-4-8;;/h1-2,5,8-9,11H,3-4,6-7,16H2,(H,18,19);2*1H. The third kappa shape index (κ3) is 6.29. The molecule has 126 valence electrons. The maximum absolute atomic E-state index is 12.1. The number of alkyl halides is 2. The molecule has 1 unspecified atom stereocenters. The Morgan fingerprint density at radius 2 is 2.14 bits per heavy atom. The van der Waals surface area contributed by atoms with Gasteiger partial charge in [0.1, 0.15) is 6.61 Å². The van der Waals surface area contributed by atoms with Gasteiger partial charge in [-0.1, -0.05) is 0 Å². The first-order chi connectivity index (χ1) is 9.58. The first kappa shape index (κ1) is 20.8. The molecule has 22 heavy (non-hydrogen) atoms. The van der Waals surface area contributed by atoms with Crippen molar-refractivity contribution < 1.29 is 18.3 Å². The predicted molar refractivity (Wildman–Crippen MR) is 83.3 cm³/mol. The van der Waals surface area contributed by atoms with Crippen LogP contribution in [0.4, 0.5) is 8.78 Å². The van der Waals surface area contributed by atoms with Gasteiger partial charge in [0.25, 0.3) is 12.3 Å². The highest BCUT2D eigenvalue weighted by Crippen LogP contribution is 2.31. The summed E-state index contributed by atoms with van der Waals surface area (Å²) in [6.45, 7) is -0.429. The average Bonchev–Trinajstić information content (AvgIpc) is 3.27. The third-order valence-corrected chi connectivity index (χ3v) is 3.08. The number of carbonyl (C=O) groups excluding carboxylic acids is 1. The van der Waals surface area contributed by atoms with Crippen molar-refractivity contribution in [2.45, 2.75) is 25.3 Å². The molecule has 1 aromatic rings. The molecule has 0 radical (unpaired) electrons. The molecule has 1 heterocycles. The molecular weight excluding hydrogens is 339 g/mol. The van der Waals surface area contributed by atoms with Gasteiger partial charge in [0.15, 0.2) is 11.4 Å². The second kappa shape index (κ2) is 9.76. The number of nitrogens with one attached hydrogen (secondary N) is 1. The lowest BCUT2D eigenvalue weighted by atomic mass is 10.2. The second-order valence-electron chi connectivity index (χ2n) is 4.76. The Kier molecular flexibility index (Phi) is 9.24. The molecule has 5 nitrogen and oxygen atoms in total. The van der Waals surface area contributed by atoms with Crippen LogP contribution in [-0.4, -0.2) is 36.5 Å². The van der Waals surface area contributed by atoms with Crippen molar-refractivity contribution >= 4 is 30.7 Å². The lowest BCUT2D eigenvalue weighted by molar-refractivity contribution is 0.0790. The van der Waals surface area contributed by atoms with Crippen LogP contribution < -0.4 is 15.8 Å². The van der Waals surface area contributed by atoms with Gasteiger partial charge in [-0.15, -0.1) is 24.8 Å². The smallest absolute Gasteiger partial charge is 0.273 e. The molecule has 1 saturated carbocycles. The van der Waals surface area contributed by atoms with Gasteiger partial charge >= 0.3 is 0 Å². The summed E-state index contributed by atoms with van der Waals surface area (Å²) in [5, 5.41) is 2.65. The van der Waals surface area contributed by atoms with Gasteiger partial charge in [0.05, 0.1) is 0 Å². The molecule has 0 spiro atoms. The van der Waals surface area contributed by atoms with E-state index >= 15 is 0 Å². The minimum Gasteiger partial charge on any atom is -0.485 e. The van der Waals surface area contributed by atoms with Crippen molar-refractivity contribution in [3.63, 3.8) is 0 Å². The van der Waals surface area contributed by atoms with Gasteiger partial charge in [-0.2, -0.15) is 0 Å². The molecule has 1 amide bonds. The summed E-state index contributed by atoms with van der Waals surface area (Å²) in [5.41, 5.74) is 5.87. The Hall–Kier alpha value is -1.18. The zero-order valence-corrected chi connectivity index (χ0v) is 13.3. The molecule has 3 N–H and O–H groups in total. The molecule has 1 atom stereocenters. The minimum atomic E-state index is -2.60. The van der Waals surface area contributed by atoms with E-state index in [9.17, 15) is 13.6 Å². The van der Waals surface area contributed by atoms with Crippen LogP contribution in [0.15, 0.2) is 18.3 Å². The van der Waals surface area contributed by atoms with Crippen molar-refractivity contribution in [1.82, 2.24) is 10.3 Å². The van der Waals surface area contributed by atoms with Crippen molar-refractivity contribution in [2.24, 2.45) is 11.7 Å². The number of nitrogens with zero attached hydrogens (tertiary/aromatic N) is 1. The molecule has 0 aromatic carbocycles. The fourth-order valence-electron chi connectivity index (χ4n) is 1.82. The topological polar surface area (TPSA) is 77.2 Å². The van der Waals surface area contributed by atoms with Crippen LogP contribution in [0.1, 0.15) is 23.3 Å². The van der Waals surface area contributed by atoms with Gasteiger partial charge < -0.3 is 15.8 Å². The number of ether oxygens (including phenoxy) is 1. The lowest BCUT2D eigenvalue weighted by Gasteiger charge is -2.13. The number of nitrogens with two attached hydrogens (primary N) is 1. The molecule has 0 saturated heterocycles. The number of rotatable bonds is 7. The molecule has 1 aliphatic rings. The monoisotopic (exact) mass is 357 g/mol. The fourth-order valence-corrected chi connectivity index (χ4v) is 1.82. The first-order valence-corrected chi connectivity index (χ1v) is 6.47. The molecule has 1 aromatic heterocycles. The Balaban J connectivity index is 0.00000220. The highest BCUT2D eigenvalue weighted by atomic mass is 35.5. The summed E-state index contributed by atoms with van der Waals surface area (Å²) in [4.78, 5) is 15.8. The number of aromatic nitrogens is 1. The number of hydrogen-bond donors (Lipinski definition) is 2. The van der Waals surface area contributed by atoms with Crippen LogP contribution in [0.5, 0.6) is 5.75 Å². The van der Waals surface area contributed by atoms with Gasteiger partial charge in [0, 0.05) is 18.8 Å². The lowest BCUT2D eigenvalue weighted by Crippen LogP contribution is -2.39. The average molecular weight is 358 g/mol. The van der Waals surface area contributed by atoms with Gasteiger partial charge in [-0.3, -0.25) is 4.79 Å². The van der Waals surface area contributed by atoms with E-state index < -0.39 is 18.9 Å². The first-order valence-electron chi connectivity index (χ1n) is 6.47. The molecule has 1 aliphatic carbocycles. The fraction of sp³-hybridized carbons (Fsp3) is 0.538. The quantitative estimate of drug-likeness (QED) is 0.782. The number of pyridine rings is 1. The largest absolute Gasteiger partial charge is 0.485 e. The van der Waals surface area contributed by atoms with Gasteiger partial charge in [-0.25, -0.2) is 13.8 Å². The van der Waals surface area contributed by atoms with E-state index in [-0.39, 0.29) is 42.3 Å². The Morgan fingerprint density at radius 3 is 2.73 bits per heavy atom. The molecular formula is C13H19Cl2F2N3O2. The predicted octanol–water partition coefficient (Wildman–Crippen LogP) is 2.04. The normalized spacial score (nSPS) is 14.5. The highest BCUT2D eigenvalue weighted by molar-refractivity contribution is 5.94. The van der Waals surface area contributed by atoms with E-state index in [4.69, 9.17) is 10.5 Å². The van der Waals surface area contributed by atoms with Crippen molar-refractivity contribution in [2.75, 3.05) is 13.2 Å². The summed E-state index contributed by atoms with van der Waals surface area (Å²) in [6, 6.07) is 2.88. The molecule has 2 rings (SSSR count). The third-order valence-electron chi connectivity index (χ3n) is 3.08. The maximum Gasteiger partial charge on any atom is 0.273 e. The van der Waals surface area contributed by atoms with E-state index in [1.54, 1.807) is 0 Å². The summed E-state index contributed by atoms with van der Waals surface area (Å²) < 4.78 is 29.2. The van der Waals surface area contributed by atoms with E-state index in [0.29, 0.717) is 12.5 Å². The maximum atomic E-state index is 12.1. The Labute approximate surface area is 139 Å². The summed E-state index contributed by atoms with van der Waals surface area (Å²) in [6.07, 6.45) is 0.979. The summed E-state index contributed by atoms with van der Waals surface area (Å²) in [5.74, 6) is 0.0462. The van der Waals surface area contributed by atoms with Crippen molar-refractivity contribution in [1.29, 1.82) is 0 Å². The second-order valence-corrected chi connectivity index (χ2v) is 4.76. The Morgan fingerprint density at radius 1 is 1.45 bits per heavy atom. The Bertz CT molecular complexity index is 476. The van der Waals surface area contributed by atoms with Crippen LogP contribution in [0.25, 0.3) is 0 Å². The van der Waals surface area contributed by atoms with E-state index in [1.807, 2.05) is 0 Å². The number of halogens is 4. The van der Waals surface area contributed by atoms with Gasteiger partial charge in [0.2, 0.25) is 0 Å². The number of carbonyl (C=O) groups is 1. The molecule has 9 heteroatoms. The van der Waals surface area contributed by atoms with Crippen LogP contribution in [-0.2, 0) is 0 Å². The van der Waals surface area contributed by atoms with Crippen LogP contribution in [0.2, 0.25) is 0 Å². The zero-order chi connectivity index (χ0) is 14.5. The van der Waals surface area contributed by atoms with E-state index in [0.717, 1.165) is 12.8 Å². The number of hydrogen-bond acceptors (Lipinski definition) is 4. The molecule has 1 fully saturated rings. The van der Waals surface area contributed by atoms with Crippen LogP contribution in [0.3, 0.4) is 0 Å². The van der Waals surface area contributed by atoms with Crippen LogP contribution >= 0.6 is 24.8 Å². The number of amides is 1. The van der Waals surface area contributed by atoms with Crippen molar-refractivity contribution in [3.05, 3.63) is 24.0 Å². The minimum absolute atomic E-state index is 0. The molecule has 0 bridgehead atoms. The summed E-state index contributed by atoms with van der Waals surface area (Å²) in [7, 11) is 0. The molecule has 0 aliphatic heterocycles. The van der Waals surface area contributed by atoms with E-state index in [2.05, 4.69) is 10.3 Å². The van der Waals surface area contributed by atoms with Gasteiger partial charge in [-0.05, 0) is 30.9 Å². The zero-order valence-electron chi connectivity index (χ0n) is 11.7. The van der Waals surface area contributed by atoms with E-state index in [1.165, 1.54) is 18.3 Å².